The van der Waals surface area contributed by atoms with Crippen LogP contribution in [0.5, 0.6) is 0 Å². The Balaban J connectivity index is 2.76. The largest absolute Gasteiger partial charge is 0.392 e. The van der Waals surface area contributed by atoms with Gasteiger partial charge in [-0.05, 0) is 18.4 Å². The van der Waals surface area contributed by atoms with Crippen LogP contribution in [0.3, 0.4) is 0 Å². The van der Waals surface area contributed by atoms with Gasteiger partial charge in [-0.1, -0.05) is 43.3 Å². The maximum atomic E-state index is 9.89. The van der Waals surface area contributed by atoms with Crippen LogP contribution in [-0.4, -0.2) is 11.2 Å². The fraction of sp³-hybridized carbons (Fsp3) is 0.385. The molecule has 0 heterocycles. The smallest absolute Gasteiger partial charge is 0.0642 e. The van der Waals surface area contributed by atoms with Crippen LogP contribution in [-0.2, 0) is 0 Å². The van der Waals surface area contributed by atoms with Gasteiger partial charge in [-0.25, -0.2) is 0 Å². The average molecular weight is 190 g/mol. The summed E-state index contributed by atoms with van der Waals surface area (Å²) in [5.74, 6) is 0.231. The second-order valence-corrected chi connectivity index (χ2v) is 3.52. The van der Waals surface area contributed by atoms with Gasteiger partial charge in [0.25, 0.3) is 0 Å². The summed E-state index contributed by atoms with van der Waals surface area (Å²) in [6.45, 7) is 5.75. The van der Waals surface area contributed by atoms with E-state index in [4.69, 9.17) is 0 Å². The van der Waals surface area contributed by atoms with E-state index in [-0.39, 0.29) is 12.0 Å². The summed E-state index contributed by atoms with van der Waals surface area (Å²) in [7, 11) is 0. The lowest BCUT2D eigenvalue weighted by Gasteiger charge is -2.20. The fourth-order valence-electron chi connectivity index (χ4n) is 1.77. The Morgan fingerprint density at radius 3 is 2.50 bits per heavy atom. The molecule has 0 spiro atoms. The van der Waals surface area contributed by atoms with Crippen molar-refractivity contribution in [1.29, 1.82) is 0 Å². The summed E-state index contributed by atoms with van der Waals surface area (Å²) in [5, 5.41) is 9.89. The minimum atomic E-state index is -0.306. The predicted molar refractivity (Wildman–Crippen MR) is 60.3 cm³/mol. The van der Waals surface area contributed by atoms with E-state index < -0.39 is 0 Å². The first-order chi connectivity index (χ1) is 6.79. The summed E-state index contributed by atoms with van der Waals surface area (Å²) >= 11 is 0. The van der Waals surface area contributed by atoms with Crippen molar-refractivity contribution in [3.8, 4) is 0 Å². The molecule has 2 unspecified atom stereocenters. The van der Waals surface area contributed by atoms with Gasteiger partial charge in [-0.2, -0.15) is 0 Å². The quantitative estimate of drug-likeness (QED) is 0.707. The second kappa shape index (κ2) is 5.61. The molecule has 1 aromatic carbocycles. The highest BCUT2D eigenvalue weighted by atomic mass is 16.3. The Labute approximate surface area is 86.1 Å². The Kier molecular flexibility index (Phi) is 4.41. The molecule has 0 aliphatic carbocycles. The zero-order chi connectivity index (χ0) is 10.4. The van der Waals surface area contributed by atoms with Crippen molar-refractivity contribution in [3.63, 3.8) is 0 Å². The maximum Gasteiger partial charge on any atom is 0.0642 e. The van der Waals surface area contributed by atoms with Crippen LogP contribution >= 0.6 is 0 Å². The van der Waals surface area contributed by atoms with Gasteiger partial charge in [-0.15, -0.1) is 6.58 Å². The average Bonchev–Trinajstić information content (AvgIpc) is 2.21. The molecule has 1 aromatic rings. The van der Waals surface area contributed by atoms with Gasteiger partial charge in [0.1, 0.15) is 0 Å². The summed E-state index contributed by atoms with van der Waals surface area (Å²) in [6, 6.07) is 10.2. The molecule has 0 saturated heterocycles. The number of hydrogen-bond donors (Lipinski definition) is 1. The molecule has 0 fully saturated rings. The van der Waals surface area contributed by atoms with Gasteiger partial charge >= 0.3 is 0 Å². The third-order valence-corrected chi connectivity index (χ3v) is 2.54. The molecule has 2 atom stereocenters. The molecule has 0 aromatic heterocycles. The third-order valence-electron chi connectivity index (χ3n) is 2.54. The van der Waals surface area contributed by atoms with E-state index in [1.54, 1.807) is 6.08 Å². The van der Waals surface area contributed by atoms with Crippen LogP contribution < -0.4 is 0 Å². The predicted octanol–water partition coefficient (Wildman–Crippen LogP) is 3.12. The molecular formula is C13H18O. The Bertz CT molecular complexity index is 266. The van der Waals surface area contributed by atoms with Crippen molar-refractivity contribution < 1.29 is 5.11 Å². The lowest BCUT2D eigenvalue weighted by molar-refractivity contribution is 0.143. The molecular weight excluding hydrogens is 172 g/mol. The molecule has 0 radical (unpaired) electrons. The zero-order valence-corrected chi connectivity index (χ0v) is 8.69. The van der Waals surface area contributed by atoms with E-state index in [1.807, 2.05) is 18.2 Å². The summed E-state index contributed by atoms with van der Waals surface area (Å²) < 4.78 is 0. The number of rotatable bonds is 5. The van der Waals surface area contributed by atoms with Gasteiger partial charge in [0.15, 0.2) is 0 Å². The zero-order valence-electron chi connectivity index (χ0n) is 8.69. The summed E-state index contributed by atoms with van der Waals surface area (Å²) in [4.78, 5) is 0. The molecule has 0 bridgehead atoms. The lowest BCUT2D eigenvalue weighted by Crippen LogP contribution is -2.16. The van der Waals surface area contributed by atoms with Crippen molar-refractivity contribution in [2.75, 3.05) is 0 Å². The molecule has 0 amide bonds. The maximum absolute atomic E-state index is 9.89. The van der Waals surface area contributed by atoms with E-state index in [0.29, 0.717) is 6.42 Å². The van der Waals surface area contributed by atoms with E-state index in [9.17, 15) is 5.11 Å². The van der Waals surface area contributed by atoms with Crippen LogP contribution in [0.2, 0.25) is 0 Å². The summed E-state index contributed by atoms with van der Waals surface area (Å²) in [6.07, 6.45) is 3.09. The standard InChI is InChI=1S/C13H18O/c1-3-8-13(14)12(4-2)11-9-6-5-7-10-11/h3,5-7,9-10,12-14H,1,4,8H2,2H3. The third kappa shape index (κ3) is 2.71. The molecule has 1 rings (SSSR count). The SMILES string of the molecule is C=CCC(O)C(CC)c1ccccc1. The van der Waals surface area contributed by atoms with E-state index >= 15 is 0 Å². The number of aliphatic hydroxyl groups is 1. The van der Waals surface area contributed by atoms with Gasteiger partial charge in [0.2, 0.25) is 0 Å². The van der Waals surface area contributed by atoms with Crippen LogP contribution in [0.4, 0.5) is 0 Å². The Hall–Kier alpha value is -1.08. The first kappa shape index (κ1) is 11.0. The van der Waals surface area contributed by atoms with E-state index in [2.05, 4.69) is 25.6 Å². The van der Waals surface area contributed by atoms with E-state index in [0.717, 1.165) is 6.42 Å². The van der Waals surface area contributed by atoms with Crippen molar-refractivity contribution in [2.45, 2.75) is 31.8 Å². The van der Waals surface area contributed by atoms with Crippen LogP contribution in [0, 0.1) is 0 Å². The van der Waals surface area contributed by atoms with E-state index in [1.165, 1.54) is 5.56 Å². The molecule has 1 nitrogen and oxygen atoms in total. The molecule has 0 aliphatic heterocycles. The number of aliphatic hydroxyl groups excluding tert-OH is 1. The van der Waals surface area contributed by atoms with Crippen LogP contribution in [0.25, 0.3) is 0 Å². The van der Waals surface area contributed by atoms with Crippen LogP contribution in [0.1, 0.15) is 31.2 Å². The highest BCUT2D eigenvalue weighted by Gasteiger charge is 2.17. The minimum absolute atomic E-state index is 0.231. The van der Waals surface area contributed by atoms with Gasteiger partial charge in [0.05, 0.1) is 6.10 Å². The van der Waals surface area contributed by atoms with Crippen LogP contribution in [0.15, 0.2) is 43.0 Å². The van der Waals surface area contributed by atoms with Crippen molar-refractivity contribution in [1.82, 2.24) is 0 Å². The second-order valence-electron chi connectivity index (χ2n) is 3.52. The summed E-state index contributed by atoms with van der Waals surface area (Å²) in [5.41, 5.74) is 1.21. The van der Waals surface area contributed by atoms with Crippen molar-refractivity contribution >= 4 is 0 Å². The Morgan fingerprint density at radius 2 is 2.00 bits per heavy atom. The molecule has 0 aliphatic rings. The van der Waals surface area contributed by atoms with Crippen molar-refractivity contribution in [3.05, 3.63) is 48.6 Å². The molecule has 1 heteroatoms. The monoisotopic (exact) mass is 190 g/mol. The minimum Gasteiger partial charge on any atom is -0.392 e. The van der Waals surface area contributed by atoms with Gasteiger partial charge < -0.3 is 5.11 Å². The lowest BCUT2D eigenvalue weighted by atomic mass is 9.89. The molecule has 76 valence electrons. The fourth-order valence-corrected chi connectivity index (χ4v) is 1.77. The highest BCUT2D eigenvalue weighted by Crippen LogP contribution is 2.24. The molecule has 14 heavy (non-hydrogen) atoms. The molecule has 1 N–H and O–H groups in total. The van der Waals surface area contributed by atoms with Gasteiger partial charge in [-0.3, -0.25) is 0 Å². The number of hydrogen-bond acceptors (Lipinski definition) is 1. The number of benzene rings is 1. The Morgan fingerprint density at radius 1 is 1.36 bits per heavy atom. The first-order valence-corrected chi connectivity index (χ1v) is 5.13. The topological polar surface area (TPSA) is 20.2 Å². The van der Waals surface area contributed by atoms with Gasteiger partial charge in [0, 0.05) is 5.92 Å². The first-order valence-electron chi connectivity index (χ1n) is 5.13. The molecule has 0 saturated carbocycles. The normalized spacial score (nSPS) is 14.7. The van der Waals surface area contributed by atoms with Crippen molar-refractivity contribution in [2.24, 2.45) is 0 Å². The highest BCUT2D eigenvalue weighted by molar-refractivity contribution is 5.20.